The van der Waals surface area contributed by atoms with E-state index in [1.807, 2.05) is 12.3 Å². The number of piperidine rings is 1. The fourth-order valence-corrected chi connectivity index (χ4v) is 4.34. The van der Waals surface area contributed by atoms with Crippen LogP contribution in [0.5, 0.6) is 0 Å². The molecule has 0 aromatic carbocycles. The Bertz CT molecular complexity index is 475. The van der Waals surface area contributed by atoms with Gasteiger partial charge in [0.05, 0.1) is 5.60 Å². The molecule has 4 unspecified atom stereocenters. The Hall–Kier alpha value is -0.930. The van der Waals surface area contributed by atoms with Crippen molar-refractivity contribution in [3.63, 3.8) is 0 Å². The van der Waals surface area contributed by atoms with E-state index in [0.29, 0.717) is 5.92 Å². The number of hydrogen-bond donors (Lipinski definition) is 1. The van der Waals surface area contributed by atoms with Crippen LogP contribution in [0.3, 0.4) is 0 Å². The Balaban J connectivity index is 1.71. The maximum atomic E-state index is 11.2. The largest absolute Gasteiger partial charge is 0.389 e. The summed E-state index contributed by atoms with van der Waals surface area (Å²) in [5, 5.41) is 11.2. The minimum atomic E-state index is -0.493. The van der Waals surface area contributed by atoms with Crippen LogP contribution in [0.2, 0.25) is 0 Å². The zero-order valence-corrected chi connectivity index (χ0v) is 10.7. The standard InChI is InChI=1S/C15H20N2O/c18-15(6-9-17-8-5-12(15)10-17)13-4-3-11-2-1-7-16-14(11)13/h1-2,7,12-13,18H,3-6,8-10H2. The number of nitrogens with zero attached hydrogens (tertiary/aromatic N) is 2. The van der Waals surface area contributed by atoms with E-state index in [9.17, 15) is 5.11 Å². The first-order chi connectivity index (χ1) is 8.77. The van der Waals surface area contributed by atoms with Gasteiger partial charge in [-0.2, -0.15) is 0 Å². The van der Waals surface area contributed by atoms with Crippen molar-refractivity contribution >= 4 is 0 Å². The number of fused-ring (bicyclic) bond motifs is 3. The van der Waals surface area contributed by atoms with Crippen LogP contribution < -0.4 is 0 Å². The van der Waals surface area contributed by atoms with Crippen molar-refractivity contribution in [3.8, 4) is 0 Å². The van der Waals surface area contributed by atoms with Gasteiger partial charge in [-0.05, 0) is 43.9 Å². The molecule has 1 aromatic heterocycles. The molecule has 2 aliphatic heterocycles. The summed E-state index contributed by atoms with van der Waals surface area (Å²) in [5.41, 5.74) is 2.05. The molecule has 0 radical (unpaired) electrons. The molecule has 3 aliphatic rings. The van der Waals surface area contributed by atoms with Crippen LogP contribution in [-0.2, 0) is 6.42 Å². The molecule has 3 heteroatoms. The molecule has 3 heterocycles. The lowest BCUT2D eigenvalue weighted by Gasteiger charge is -2.43. The van der Waals surface area contributed by atoms with E-state index >= 15 is 0 Å². The molecule has 2 saturated heterocycles. The molecule has 0 spiro atoms. The monoisotopic (exact) mass is 244 g/mol. The number of hydrogen-bond acceptors (Lipinski definition) is 3. The fourth-order valence-electron chi connectivity index (χ4n) is 4.34. The highest BCUT2D eigenvalue weighted by molar-refractivity contribution is 5.32. The highest BCUT2D eigenvalue weighted by Gasteiger charge is 2.51. The van der Waals surface area contributed by atoms with Crippen LogP contribution in [-0.4, -0.2) is 40.2 Å². The first-order valence-electron chi connectivity index (χ1n) is 7.16. The Morgan fingerprint density at radius 3 is 3.22 bits per heavy atom. The van der Waals surface area contributed by atoms with Gasteiger partial charge in [0, 0.05) is 36.8 Å². The number of pyridine rings is 1. The van der Waals surface area contributed by atoms with Gasteiger partial charge in [0.2, 0.25) is 0 Å². The molecular weight excluding hydrogens is 224 g/mol. The van der Waals surface area contributed by atoms with E-state index < -0.39 is 5.60 Å². The predicted molar refractivity (Wildman–Crippen MR) is 69.4 cm³/mol. The first-order valence-corrected chi connectivity index (χ1v) is 7.16. The average Bonchev–Trinajstić information content (AvgIpc) is 3.01. The maximum Gasteiger partial charge on any atom is 0.0784 e. The van der Waals surface area contributed by atoms with Gasteiger partial charge in [0.1, 0.15) is 0 Å². The van der Waals surface area contributed by atoms with Gasteiger partial charge in [-0.25, -0.2) is 0 Å². The van der Waals surface area contributed by atoms with E-state index in [4.69, 9.17) is 0 Å². The summed E-state index contributed by atoms with van der Waals surface area (Å²) < 4.78 is 0. The summed E-state index contributed by atoms with van der Waals surface area (Å²) >= 11 is 0. The summed E-state index contributed by atoms with van der Waals surface area (Å²) in [6.45, 7) is 3.33. The van der Waals surface area contributed by atoms with Crippen LogP contribution in [0.15, 0.2) is 18.3 Å². The second-order valence-electron chi connectivity index (χ2n) is 6.17. The minimum Gasteiger partial charge on any atom is -0.389 e. The van der Waals surface area contributed by atoms with Crippen molar-refractivity contribution in [2.24, 2.45) is 5.92 Å². The Labute approximate surface area is 108 Å². The summed E-state index contributed by atoms with van der Waals surface area (Å²) in [7, 11) is 0. The van der Waals surface area contributed by atoms with E-state index in [-0.39, 0.29) is 5.92 Å². The molecule has 2 bridgehead atoms. The Morgan fingerprint density at radius 2 is 2.28 bits per heavy atom. The third-order valence-electron chi connectivity index (χ3n) is 5.37. The minimum absolute atomic E-state index is 0.277. The number of aryl methyl sites for hydroxylation is 1. The van der Waals surface area contributed by atoms with Crippen LogP contribution in [0, 0.1) is 5.92 Å². The number of aromatic nitrogens is 1. The molecule has 4 atom stereocenters. The molecule has 1 N–H and O–H groups in total. The summed E-state index contributed by atoms with van der Waals surface area (Å²) in [6.07, 6.45) is 6.14. The number of aliphatic hydroxyl groups is 1. The zero-order chi connectivity index (χ0) is 12.2. The molecule has 3 nitrogen and oxygen atoms in total. The molecule has 96 valence electrons. The van der Waals surface area contributed by atoms with Crippen molar-refractivity contribution in [1.82, 2.24) is 9.88 Å². The van der Waals surface area contributed by atoms with Gasteiger partial charge in [-0.1, -0.05) is 6.07 Å². The lowest BCUT2D eigenvalue weighted by molar-refractivity contribution is -0.0670. The van der Waals surface area contributed by atoms with E-state index in [0.717, 1.165) is 38.8 Å². The smallest absolute Gasteiger partial charge is 0.0784 e. The molecular formula is C15H20N2O. The van der Waals surface area contributed by atoms with E-state index in [2.05, 4.69) is 16.0 Å². The highest BCUT2D eigenvalue weighted by Crippen LogP contribution is 2.49. The molecule has 0 saturated carbocycles. The molecule has 1 aromatic rings. The molecule has 1 aliphatic carbocycles. The van der Waals surface area contributed by atoms with Crippen LogP contribution in [0.1, 0.15) is 36.4 Å². The average molecular weight is 244 g/mol. The lowest BCUT2D eigenvalue weighted by Crippen LogP contribution is -2.50. The molecule has 0 amide bonds. The second kappa shape index (κ2) is 3.78. The van der Waals surface area contributed by atoms with Crippen molar-refractivity contribution in [2.75, 3.05) is 19.6 Å². The van der Waals surface area contributed by atoms with Gasteiger partial charge in [0.25, 0.3) is 0 Å². The third-order valence-corrected chi connectivity index (χ3v) is 5.37. The van der Waals surface area contributed by atoms with Crippen molar-refractivity contribution in [2.45, 2.75) is 37.2 Å². The van der Waals surface area contributed by atoms with Crippen LogP contribution in [0.25, 0.3) is 0 Å². The zero-order valence-electron chi connectivity index (χ0n) is 10.7. The van der Waals surface area contributed by atoms with E-state index in [1.54, 1.807) is 0 Å². The third kappa shape index (κ3) is 1.41. The summed E-state index contributed by atoms with van der Waals surface area (Å²) in [4.78, 5) is 7.06. The van der Waals surface area contributed by atoms with Gasteiger partial charge >= 0.3 is 0 Å². The summed E-state index contributed by atoms with van der Waals surface area (Å²) in [5.74, 6) is 0.739. The molecule has 18 heavy (non-hydrogen) atoms. The van der Waals surface area contributed by atoms with Crippen molar-refractivity contribution < 1.29 is 5.11 Å². The topological polar surface area (TPSA) is 36.4 Å². The predicted octanol–water partition coefficient (Wildman–Crippen LogP) is 1.57. The van der Waals surface area contributed by atoms with Crippen LogP contribution >= 0.6 is 0 Å². The first kappa shape index (κ1) is 10.9. The van der Waals surface area contributed by atoms with Crippen molar-refractivity contribution in [1.29, 1.82) is 0 Å². The number of rotatable bonds is 1. The fraction of sp³-hybridized carbons (Fsp3) is 0.667. The maximum absolute atomic E-state index is 11.2. The Kier molecular flexibility index (Phi) is 2.30. The normalized spacial score (nSPS) is 41.9. The van der Waals surface area contributed by atoms with Crippen LogP contribution in [0.4, 0.5) is 0 Å². The van der Waals surface area contributed by atoms with Gasteiger partial charge < -0.3 is 10.0 Å². The van der Waals surface area contributed by atoms with Crippen molar-refractivity contribution in [3.05, 3.63) is 29.6 Å². The molecule has 2 fully saturated rings. The van der Waals surface area contributed by atoms with E-state index in [1.165, 1.54) is 17.8 Å². The quantitative estimate of drug-likeness (QED) is 0.814. The summed E-state index contributed by atoms with van der Waals surface area (Å²) in [6, 6.07) is 4.19. The van der Waals surface area contributed by atoms with Gasteiger partial charge in [-0.3, -0.25) is 4.98 Å². The van der Waals surface area contributed by atoms with Gasteiger partial charge in [-0.15, -0.1) is 0 Å². The Morgan fingerprint density at radius 1 is 1.33 bits per heavy atom. The SMILES string of the molecule is OC1(C2CCc3cccnc32)CCN2CCC1C2. The highest BCUT2D eigenvalue weighted by atomic mass is 16.3. The van der Waals surface area contributed by atoms with Gasteiger partial charge in [0.15, 0.2) is 0 Å². The molecule has 4 rings (SSSR count). The second-order valence-corrected chi connectivity index (χ2v) is 6.17. The lowest BCUT2D eigenvalue weighted by atomic mass is 9.72.